The van der Waals surface area contributed by atoms with Crippen molar-refractivity contribution in [2.24, 2.45) is 5.92 Å². The lowest BCUT2D eigenvalue weighted by Gasteiger charge is -2.17. The van der Waals surface area contributed by atoms with E-state index in [-0.39, 0.29) is 30.3 Å². The van der Waals surface area contributed by atoms with Gasteiger partial charge >= 0.3 is 0 Å². The van der Waals surface area contributed by atoms with Gasteiger partial charge in [0.15, 0.2) is 0 Å². The summed E-state index contributed by atoms with van der Waals surface area (Å²) in [4.78, 5) is 25.6. The number of benzene rings is 1. The number of anilines is 1. The molecule has 2 fully saturated rings. The Morgan fingerprint density at radius 1 is 1.17 bits per heavy atom. The van der Waals surface area contributed by atoms with Gasteiger partial charge in [0.2, 0.25) is 11.8 Å². The summed E-state index contributed by atoms with van der Waals surface area (Å²) >= 11 is 0. The standard InChI is InChI=1S/C14H15NO3/c16-13-9-11(12-7-4-8-18-12)14(17)15(13)10-5-2-1-3-6-10/h1-3,5-6,11-12H,4,7-9H2/t11-,12+/m0/s1. The Labute approximate surface area is 106 Å². The Bertz CT molecular complexity index is 465. The number of amides is 2. The monoisotopic (exact) mass is 245 g/mol. The van der Waals surface area contributed by atoms with Crippen molar-refractivity contribution < 1.29 is 14.3 Å². The lowest BCUT2D eigenvalue weighted by molar-refractivity contribution is -0.124. The van der Waals surface area contributed by atoms with Gasteiger partial charge in [0.25, 0.3) is 0 Å². The number of imide groups is 1. The maximum Gasteiger partial charge on any atom is 0.240 e. The molecule has 18 heavy (non-hydrogen) atoms. The molecule has 1 aromatic carbocycles. The van der Waals surface area contributed by atoms with Crippen LogP contribution in [0, 0.1) is 5.92 Å². The van der Waals surface area contributed by atoms with Crippen LogP contribution in [0.1, 0.15) is 19.3 Å². The maximum absolute atomic E-state index is 12.3. The van der Waals surface area contributed by atoms with E-state index in [1.54, 1.807) is 12.1 Å². The van der Waals surface area contributed by atoms with E-state index in [4.69, 9.17) is 4.74 Å². The number of ether oxygens (including phenoxy) is 1. The second-order valence-corrected chi connectivity index (χ2v) is 4.77. The average Bonchev–Trinajstić information content (AvgIpc) is 2.99. The van der Waals surface area contributed by atoms with E-state index in [1.807, 2.05) is 18.2 Å². The minimum Gasteiger partial charge on any atom is -0.377 e. The number of nitrogens with zero attached hydrogens (tertiary/aromatic N) is 1. The topological polar surface area (TPSA) is 46.6 Å². The van der Waals surface area contributed by atoms with Gasteiger partial charge in [-0.1, -0.05) is 18.2 Å². The molecule has 1 aromatic rings. The van der Waals surface area contributed by atoms with Gasteiger partial charge in [0.05, 0.1) is 17.7 Å². The molecule has 0 radical (unpaired) electrons. The van der Waals surface area contributed by atoms with Crippen LogP contribution in [0.25, 0.3) is 0 Å². The van der Waals surface area contributed by atoms with Crippen molar-refractivity contribution in [3.63, 3.8) is 0 Å². The minimum atomic E-state index is -0.291. The second kappa shape index (κ2) is 4.53. The van der Waals surface area contributed by atoms with E-state index in [1.165, 1.54) is 4.90 Å². The predicted molar refractivity (Wildman–Crippen MR) is 66.0 cm³/mol. The van der Waals surface area contributed by atoms with E-state index in [2.05, 4.69) is 0 Å². The van der Waals surface area contributed by atoms with Crippen LogP contribution in [-0.2, 0) is 14.3 Å². The Balaban J connectivity index is 1.85. The fraction of sp³-hybridized carbons (Fsp3) is 0.429. The van der Waals surface area contributed by atoms with Gasteiger partial charge in [0.1, 0.15) is 0 Å². The van der Waals surface area contributed by atoms with Crippen LogP contribution in [0.3, 0.4) is 0 Å². The van der Waals surface area contributed by atoms with Crippen LogP contribution in [-0.4, -0.2) is 24.5 Å². The Morgan fingerprint density at radius 2 is 1.94 bits per heavy atom. The van der Waals surface area contributed by atoms with E-state index >= 15 is 0 Å². The van der Waals surface area contributed by atoms with Gasteiger partial charge in [0, 0.05) is 13.0 Å². The number of carbonyl (C=O) groups is 2. The summed E-state index contributed by atoms with van der Waals surface area (Å²) in [6, 6.07) is 9.10. The summed E-state index contributed by atoms with van der Waals surface area (Å²) in [5.74, 6) is -0.523. The molecule has 2 saturated heterocycles. The zero-order chi connectivity index (χ0) is 12.5. The molecule has 94 valence electrons. The molecule has 2 aliphatic rings. The Morgan fingerprint density at radius 3 is 2.61 bits per heavy atom. The third-order valence-corrected chi connectivity index (χ3v) is 3.61. The first-order valence-corrected chi connectivity index (χ1v) is 6.31. The highest BCUT2D eigenvalue weighted by Crippen LogP contribution is 2.32. The van der Waals surface area contributed by atoms with E-state index in [0.29, 0.717) is 12.3 Å². The van der Waals surface area contributed by atoms with Gasteiger partial charge < -0.3 is 4.74 Å². The number of para-hydroxylation sites is 1. The number of carbonyl (C=O) groups excluding carboxylic acids is 2. The molecule has 2 aliphatic heterocycles. The maximum atomic E-state index is 12.3. The van der Waals surface area contributed by atoms with E-state index < -0.39 is 0 Å². The molecule has 0 aromatic heterocycles. The molecular formula is C14H15NO3. The molecule has 4 nitrogen and oxygen atoms in total. The van der Waals surface area contributed by atoms with Crippen molar-refractivity contribution in [3.8, 4) is 0 Å². The zero-order valence-corrected chi connectivity index (χ0v) is 10.0. The lowest BCUT2D eigenvalue weighted by atomic mass is 9.98. The van der Waals surface area contributed by atoms with Gasteiger partial charge in [-0.25, -0.2) is 0 Å². The van der Waals surface area contributed by atoms with E-state index in [9.17, 15) is 9.59 Å². The molecule has 3 rings (SSSR count). The quantitative estimate of drug-likeness (QED) is 0.746. The van der Waals surface area contributed by atoms with Crippen molar-refractivity contribution in [1.82, 2.24) is 0 Å². The first-order valence-electron chi connectivity index (χ1n) is 6.31. The molecule has 0 spiro atoms. The second-order valence-electron chi connectivity index (χ2n) is 4.77. The summed E-state index contributed by atoms with van der Waals surface area (Å²) in [5, 5.41) is 0. The van der Waals surface area contributed by atoms with Crippen LogP contribution in [0.15, 0.2) is 30.3 Å². The summed E-state index contributed by atoms with van der Waals surface area (Å²) in [7, 11) is 0. The first-order chi connectivity index (χ1) is 8.77. The van der Waals surface area contributed by atoms with Crippen LogP contribution >= 0.6 is 0 Å². The van der Waals surface area contributed by atoms with Crippen molar-refractivity contribution >= 4 is 17.5 Å². The molecule has 0 N–H and O–H groups in total. The molecule has 4 heteroatoms. The molecule has 0 saturated carbocycles. The molecule has 2 atom stereocenters. The minimum absolute atomic E-state index is 0.0739. The number of rotatable bonds is 2. The van der Waals surface area contributed by atoms with Crippen molar-refractivity contribution in [3.05, 3.63) is 30.3 Å². The fourth-order valence-corrected chi connectivity index (χ4v) is 2.71. The fourth-order valence-electron chi connectivity index (χ4n) is 2.71. The molecular weight excluding hydrogens is 230 g/mol. The zero-order valence-electron chi connectivity index (χ0n) is 10.0. The van der Waals surface area contributed by atoms with Crippen molar-refractivity contribution in [1.29, 1.82) is 0 Å². The highest BCUT2D eigenvalue weighted by molar-refractivity contribution is 6.21. The third kappa shape index (κ3) is 1.82. The van der Waals surface area contributed by atoms with Crippen molar-refractivity contribution in [2.75, 3.05) is 11.5 Å². The highest BCUT2D eigenvalue weighted by Gasteiger charge is 2.44. The van der Waals surface area contributed by atoms with Crippen LogP contribution < -0.4 is 4.90 Å². The van der Waals surface area contributed by atoms with Crippen LogP contribution in [0.2, 0.25) is 0 Å². The largest absolute Gasteiger partial charge is 0.377 e. The summed E-state index contributed by atoms with van der Waals surface area (Å²) in [6.07, 6.45) is 2.06. The van der Waals surface area contributed by atoms with Gasteiger partial charge in [-0.2, -0.15) is 0 Å². The first kappa shape index (κ1) is 11.4. The predicted octanol–water partition coefficient (Wildman–Crippen LogP) is 1.75. The van der Waals surface area contributed by atoms with Crippen LogP contribution in [0.5, 0.6) is 0 Å². The molecule has 2 amide bonds. The molecule has 0 aliphatic carbocycles. The van der Waals surface area contributed by atoms with Gasteiger partial charge in [-0.05, 0) is 25.0 Å². The van der Waals surface area contributed by atoms with Crippen molar-refractivity contribution in [2.45, 2.75) is 25.4 Å². The highest BCUT2D eigenvalue weighted by atomic mass is 16.5. The summed E-state index contributed by atoms with van der Waals surface area (Å²) in [6.45, 7) is 0.702. The Kier molecular flexibility index (Phi) is 2.88. The third-order valence-electron chi connectivity index (χ3n) is 3.61. The smallest absolute Gasteiger partial charge is 0.240 e. The SMILES string of the molecule is O=C1C[C@@H]([C@H]2CCCO2)C(=O)N1c1ccccc1. The summed E-state index contributed by atoms with van der Waals surface area (Å²) < 4.78 is 5.54. The van der Waals surface area contributed by atoms with E-state index in [0.717, 1.165) is 12.8 Å². The Hall–Kier alpha value is -1.68. The number of hydrogen-bond acceptors (Lipinski definition) is 3. The molecule has 0 bridgehead atoms. The van der Waals surface area contributed by atoms with Gasteiger partial charge in [-0.3, -0.25) is 14.5 Å². The molecule has 2 heterocycles. The molecule has 0 unspecified atom stereocenters. The number of hydrogen-bond donors (Lipinski definition) is 0. The van der Waals surface area contributed by atoms with Gasteiger partial charge in [-0.15, -0.1) is 0 Å². The average molecular weight is 245 g/mol. The lowest BCUT2D eigenvalue weighted by Crippen LogP contribution is -2.33. The normalized spacial score (nSPS) is 28.1. The van der Waals surface area contributed by atoms with Crippen LogP contribution in [0.4, 0.5) is 5.69 Å². The summed E-state index contributed by atoms with van der Waals surface area (Å²) in [5.41, 5.74) is 0.660.